The van der Waals surface area contributed by atoms with E-state index in [1.807, 2.05) is 30.3 Å². The number of benzene rings is 1. The second-order valence-corrected chi connectivity index (χ2v) is 6.23. The summed E-state index contributed by atoms with van der Waals surface area (Å²) >= 11 is 0. The number of anilines is 3. The average molecular weight is 359 g/mol. The molecule has 0 bridgehead atoms. The summed E-state index contributed by atoms with van der Waals surface area (Å²) in [5.74, 6) is 1.32. The molecule has 0 amide bonds. The van der Waals surface area contributed by atoms with Gasteiger partial charge in [-0.25, -0.2) is 19.9 Å². The topological polar surface area (TPSA) is 89.0 Å². The number of morpholine rings is 1. The normalized spacial score (nSPS) is 14.6. The standard InChI is InChI=1S/C19H17N7O/c1-4-14-13(3-2-6-20-14)15(5-1)24-18-17-16(22-12-23-18)11-21-19(25-17)26-7-9-27-10-8-26/h1-6,11-12H,7-10H2,(H,22,23,24). The molecule has 1 fully saturated rings. The van der Waals surface area contributed by atoms with E-state index < -0.39 is 0 Å². The summed E-state index contributed by atoms with van der Waals surface area (Å²) in [7, 11) is 0. The monoisotopic (exact) mass is 359 g/mol. The Morgan fingerprint density at radius 1 is 0.926 bits per heavy atom. The molecular formula is C19H17N7O. The molecule has 3 aromatic heterocycles. The van der Waals surface area contributed by atoms with Crippen LogP contribution < -0.4 is 10.2 Å². The van der Waals surface area contributed by atoms with Crippen molar-refractivity contribution in [1.82, 2.24) is 24.9 Å². The Bertz CT molecular complexity index is 1110. The van der Waals surface area contributed by atoms with Gasteiger partial charge in [-0.05, 0) is 24.3 Å². The van der Waals surface area contributed by atoms with Crippen LogP contribution in [-0.2, 0) is 4.74 Å². The summed E-state index contributed by atoms with van der Waals surface area (Å²) in [6.45, 7) is 2.91. The fourth-order valence-corrected chi connectivity index (χ4v) is 3.19. The van der Waals surface area contributed by atoms with Gasteiger partial charge in [0.25, 0.3) is 0 Å². The largest absolute Gasteiger partial charge is 0.378 e. The van der Waals surface area contributed by atoms with Crippen molar-refractivity contribution < 1.29 is 4.74 Å². The highest BCUT2D eigenvalue weighted by atomic mass is 16.5. The minimum absolute atomic E-state index is 0.647. The Labute approximate surface area is 155 Å². The van der Waals surface area contributed by atoms with Gasteiger partial charge in [0.1, 0.15) is 17.4 Å². The predicted octanol–water partition coefficient (Wildman–Crippen LogP) is 2.55. The Balaban J connectivity index is 1.57. The number of pyridine rings is 1. The van der Waals surface area contributed by atoms with Crippen molar-refractivity contribution >= 4 is 39.4 Å². The lowest BCUT2D eigenvalue weighted by atomic mass is 10.2. The number of nitrogens with zero attached hydrogens (tertiary/aromatic N) is 6. The lowest BCUT2D eigenvalue weighted by Gasteiger charge is -2.26. The maximum absolute atomic E-state index is 5.41. The highest BCUT2D eigenvalue weighted by Gasteiger charge is 2.16. The van der Waals surface area contributed by atoms with Crippen LogP contribution >= 0.6 is 0 Å². The van der Waals surface area contributed by atoms with E-state index in [9.17, 15) is 0 Å². The molecule has 1 N–H and O–H groups in total. The summed E-state index contributed by atoms with van der Waals surface area (Å²) in [6.07, 6.45) is 5.05. The van der Waals surface area contributed by atoms with Crippen LogP contribution in [0.5, 0.6) is 0 Å². The van der Waals surface area contributed by atoms with Crippen molar-refractivity contribution in [2.24, 2.45) is 0 Å². The van der Waals surface area contributed by atoms with Crippen molar-refractivity contribution in [3.63, 3.8) is 0 Å². The quantitative estimate of drug-likeness (QED) is 0.597. The zero-order valence-electron chi connectivity index (χ0n) is 14.5. The van der Waals surface area contributed by atoms with Gasteiger partial charge in [-0.1, -0.05) is 6.07 Å². The molecule has 0 spiro atoms. The van der Waals surface area contributed by atoms with E-state index in [2.05, 4.69) is 30.2 Å². The van der Waals surface area contributed by atoms with E-state index >= 15 is 0 Å². The molecule has 0 radical (unpaired) electrons. The van der Waals surface area contributed by atoms with Crippen molar-refractivity contribution in [3.8, 4) is 0 Å². The molecule has 1 aliphatic rings. The number of fused-ring (bicyclic) bond motifs is 2. The first-order valence-corrected chi connectivity index (χ1v) is 8.80. The molecule has 8 nitrogen and oxygen atoms in total. The zero-order valence-corrected chi connectivity index (χ0v) is 14.5. The van der Waals surface area contributed by atoms with E-state index in [0.717, 1.165) is 29.7 Å². The maximum atomic E-state index is 5.41. The predicted molar refractivity (Wildman–Crippen MR) is 103 cm³/mol. The molecule has 1 aliphatic heterocycles. The third-order valence-electron chi connectivity index (χ3n) is 4.56. The van der Waals surface area contributed by atoms with Gasteiger partial charge in [-0.3, -0.25) is 4.98 Å². The van der Waals surface area contributed by atoms with Crippen LogP contribution in [0.4, 0.5) is 17.5 Å². The molecule has 0 atom stereocenters. The Morgan fingerprint density at radius 3 is 2.78 bits per heavy atom. The molecule has 0 unspecified atom stereocenters. The Hall–Kier alpha value is -3.39. The number of ether oxygens (including phenoxy) is 1. The third kappa shape index (κ3) is 3.00. The summed E-state index contributed by atoms with van der Waals surface area (Å²) in [4.78, 5) is 24.4. The van der Waals surface area contributed by atoms with Crippen molar-refractivity contribution in [2.75, 3.05) is 36.5 Å². The highest BCUT2D eigenvalue weighted by molar-refractivity contribution is 5.95. The van der Waals surface area contributed by atoms with E-state index in [0.29, 0.717) is 36.0 Å². The highest BCUT2D eigenvalue weighted by Crippen LogP contribution is 2.27. The molecule has 4 aromatic rings. The first kappa shape index (κ1) is 15.8. The van der Waals surface area contributed by atoms with Crippen LogP contribution in [0, 0.1) is 0 Å². The van der Waals surface area contributed by atoms with Crippen LogP contribution in [0.15, 0.2) is 49.1 Å². The first-order valence-electron chi connectivity index (χ1n) is 8.80. The fourth-order valence-electron chi connectivity index (χ4n) is 3.19. The molecule has 8 heteroatoms. The summed E-state index contributed by atoms with van der Waals surface area (Å²) in [5.41, 5.74) is 3.23. The fraction of sp³-hybridized carbons (Fsp3) is 0.211. The summed E-state index contributed by atoms with van der Waals surface area (Å²) in [5, 5.41) is 4.42. The van der Waals surface area contributed by atoms with Crippen LogP contribution in [0.2, 0.25) is 0 Å². The van der Waals surface area contributed by atoms with Gasteiger partial charge in [0.2, 0.25) is 5.95 Å². The first-order chi connectivity index (χ1) is 13.4. The van der Waals surface area contributed by atoms with E-state index in [1.54, 1.807) is 12.4 Å². The van der Waals surface area contributed by atoms with Crippen molar-refractivity contribution in [3.05, 3.63) is 49.1 Å². The van der Waals surface area contributed by atoms with Crippen LogP contribution in [0.25, 0.3) is 21.9 Å². The molecule has 27 heavy (non-hydrogen) atoms. The second kappa shape index (κ2) is 6.73. The zero-order chi connectivity index (χ0) is 18.1. The lowest BCUT2D eigenvalue weighted by molar-refractivity contribution is 0.122. The van der Waals surface area contributed by atoms with E-state index in [1.165, 1.54) is 6.33 Å². The van der Waals surface area contributed by atoms with E-state index in [4.69, 9.17) is 9.72 Å². The van der Waals surface area contributed by atoms with Gasteiger partial charge in [-0.2, -0.15) is 0 Å². The van der Waals surface area contributed by atoms with Crippen LogP contribution in [0.3, 0.4) is 0 Å². The number of hydrogen-bond acceptors (Lipinski definition) is 8. The number of rotatable bonds is 3. The minimum atomic E-state index is 0.647. The van der Waals surface area contributed by atoms with Gasteiger partial charge >= 0.3 is 0 Å². The average Bonchev–Trinajstić information content (AvgIpc) is 2.75. The van der Waals surface area contributed by atoms with Gasteiger partial charge in [0, 0.05) is 30.4 Å². The second-order valence-electron chi connectivity index (χ2n) is 6.23. The SMILES string of the molecule is c1cc(Nc2ncnc3cnc(N4CCOCC4)nc23)c2cccnc2c1. The third-order valence-corrected chi connectivity index (χ3v) is 4.56. The summed E-state index contributed by atoms with van der Waals surface area (Å²) in [6, 6.07) is 9.90. The number of nitrogens with one attached hydrogen (secondary N) is 1. The van der Waals surface area contributed by atoms with Crippen LogP contribution in [0.1, 0.15) is 0 Å². The van der Waals surface area contributed by atoms with Gasteiger partial charge in [0.15, 0.2) is 5.82 Å². The smallest absolute Gasteiger partial charge is 0.226 e. The van der Waals surface area contributed by atoms with Gasteiger partial charge < -0.3 is 15.0 Å². The molecule has 0 aliphatic carbocycles. The van der Waals surface area contributed by atoms with E-state index in [-0.39, 0.29) is 0 Å². The van der Waals surface area contributed by atoms with Crippen molar-refractivity contribution in [1.29, 1.82) is 0 Å². The minimum Gasteiger partial charge on any atom is -0.378 e. The van der Waals surface area contributed by atoms with Crippen LogP contribution in [-0.4, -0.2) is 51.2 Å². The lowest BCUT2D eigenvalue weighted by Crippen LogP contribution is -2.37. The molecule has 1 saturated heterocycles. The Morgan fingerprint density at radius 2 is 1.85 bits per heavy atom. The number of hydrogen-bond donors (Lipinski definition) is 1. The Kier molecular flexibility index (Phi) is 3.95. The van der Waals surface area contributed by atoms with Gasteiger partial charge in [-0.15, -0.1) is 0 Å². The molecule has 1 aromatic carbocycles. The molecule has 4 heterocycles. The molecule has 5 rings (SSSR count). The van der Waals surface area contributed by atoms with Gasteiger partial charge in [0.05, 0.1) is 24.9 Å². The van der Waals surface area contributed by atoms with Crippen molar-refractivity contribution in [2.45, 2.75) is 0 Å². The summed E-state index contributed by atoms with van der Waals surface area (Å²) < 4.78 is 5.41. The molecule has 134 valence electrons. The maximum Gasteiger partial charge on any atom is 0.226 e. The number of aromatic nitrogens is 5. The molecule has 0 saturated carbocycles. The molecular weight excluding hydrogens is 342 g/mol.